The van der Waals surface area contributed by atoms with Crippen molar-refractivity contribution in [3.63, 3.8) is 0 Å². The third kappa shape index (κ3) is 2.04. The average molecular weight is 201 g/mol. The minimum atomic E-state index is -0.579. The average Bonchev–Trinajstić information content (AvgIpc) is 2.55. The van der Waals surface area contributed by atoms with Crippen LogP contribution in [0.2, 0.25) is 0 Å². The van der Waals surface area contributed by atoms with E-state index in [-0.39, 0.29) is 18.3 Å². The molecule has 0 aliphatic carbocycles. The number of nitrogens with zero attached hydrogens (tertiary/aromatic N) is 1. The fourth-order valence-corrected chi connectivity index (χ4v) is 1.67. The molecule has 14 heavy (non-hydrogen) atoms. The molecular formula is C9H15NO4. The molecule has 1 rings (SSSR count). The second kappa shape index (κ2) is 5.27. The molecule has 1 heterocycles. The monoisotopic (exact) mass is 201 g/mol. The zero-order valence-electron chi connectivity index (χ0n) is 8.60. The van der Waals surface area contributed by atoms with Crippen molar-refractivity contribution in [3.05, 3.63) is 0 Å². The van der Waals surface area contributed by atoms with E-state index in [2.05, 4.69) is 0 Å². The molecule has 0 bridgehead atoms. The first-order chi connectivity index (χ1) is 6.78. The van der Waals surface area contributed by atoms with Crippen LogP contribution in [0.3, 0.4) is 0 Å². The summed E-state index contributed by atoms with van der Waals surface area (Å²) in [5.41, 5.74) is 0. The maximum absolute atomic E-state index is 8.82. The molecule has 1 aliphatic heterocycles. The Morgan fingerprint density at radius 3 is 2.29 bits per heavy atom. The Hall–Kier alpha value is -0.670. The Morgan fingerprint density at radius 2 is 1.86 bits per heavy atom. The van der Waals surface area contributed by atoms with E-state index < -0.39 is 6.10 Å². The van der Waals surface area contributed by atoms with Gasteiger partial charge in [0.15, 0.2) is 6.10 Å². The van der Waals surface area contributed by atoms with E-state index in [1.165, 1.54) is 0 Å². The summed E-state index contributed by atoms with van der Waals surface area (Å²) in [4.78, 5) is 0. The van der Waals surface area contributed by atoms with Gasteiger partial charge in [0.2, 0.25) is 0 Å². The molecule has 0 aromatic rings. The van der Waals surface area contributed by atoms with Gasteiger partial charge in [0.1, 0.15) is 18.3 Å². The van der Waals surface area contributed by atoms with Gasteiger partial charge in [-0.05, 0) is 0 Å². The third-order valence-electron chi connectivity index (χ3n) is 2.31. The number of hydrogen-bond donors (Lipinski definition) is 0. The highest BCUT2D eigenvalue weighted by Gasteiger charge is 2.45. The molecule has 1 fully saturated rings. The summed E-state index contributed by atoms with van der Waals surface area (Å²) in [6.45, 7) is 0.399. The number of rotatable bonds is 4. The van der Waals surface area contributed by atoms with Gasteiger partial charge in [-0.15, -0.1) is 0 Å². The predicted octanol–water partition coefficient (Wildman–Crippen LogP) is -0.0462. The van der Waals surface area contributed by atoms with Crippen LogP contribution in [-0.2, 0) is 18.9 Å². The van der Waals surface area contributed by atoms with Crippen LogP contribution in [-0.4, -0.2) is 52.4 Å². The summed E-state index contributed by atoms with van der Waals surface area (Å²) >= 11 is 0. The van der Waals surface area contributed by atoms with Crippen molar-refractivity contribution < 1.29 is 18.9 Å². The summed E-state index contributed by atoms with van der Waals surface area (Å²) in [6.07, 6.45) is -1.40. The van der Waals surface area contributed by atoms with Gasteiger partial charge in [0.25, 0.3) is 0 Å². The minimum Gasteiger partial charge on any atom is -0.382 e. The van der Waals surface area contributed by atoms with Crippen molar-refractivity contribution in [2.45, 2.75) is 24.4 Å². The topological polar surface area (TPSA) is 60.7 Å². The molecule has 1 saturated heterocycles. The van der Waals surface area contributed by atoms with Gasteiger partial charge in [-0.2, -0.15) is 5.26 Å². The molecule has 0 aromatic carbocycles. The quantitative estimate of drug-likeness (QED) is 0.638. The summed E-state index contributed by atoms with van der Waals surface area (Å²) in [5, 5.41) is 8.82. The van der Waals surface area contributed by atoms with Gasteiger partial charge in [-0.25, -0.2) is 0 Å². The molecule has 80 valence electrons. The fourth-order valence-electron chi connectivity index (χ4n) is 1.67. The van der Waals surface area contributed by atoms with Crippen LogP contribution >= 0.6 is 0 Å². The van der Waals surface area contributed by atoms with Crippen LogP contribution in [0.5, 0.6) is 0 Å². The maximum atomic E-state index is 8.82. The van der Waals surface area contributed by atoms with Crippen LogP contribution in [0.15, 0.2) is 0 Å². The standard InChI is InChI=1S/C9H15NO4/c1-11-5-7-9(13-3)8(12-2)6(4-10)14-7/h6-9H,5H2,1-3H3/t6-,7+,8-,9+/m0/s1. The van der Waals surface area contributed by atoms with E-state index in [1.54, 1.807) is 21.3 Å². The Labute approximate surface area is 83.5 Å². The van der Waals surface area contributed by atoms with Crippen molar-refractivity contribution in [2.75, 3.05) is 27.9 Å². The molecule has 0 aromatic heterocycles. The van der Waals surface area contributed by atoms with Gasteiger partial charge in [-0.3, -0.25) is 0 Å². The molecule has 0 radical (unpaired) electrons. The SMILES string of the molecule is COC[C@H]1O[C@@H](C#N)[C@H](OC)[C@@H]1OC. The maximum Gasteiger partial charge on any atom is 0.173 e. The molecular weight excluding hydrogens is 186 g/mol. The first-order valence-electron chi connectivity index (χ1n) is 4.38. The van der Waals surface area contributed by atoms with Gasteiger partial charge < -0.3 is 18.9 Å². The highest BCUT2D eigenvalue weighted by molar-refractivity contribution is 5.02. The lowest BCUT2D eigenvalue weighted by Gasteiger charge is -2.19. The van der Waals surface area contributed by atoms with Crippen LogP contribution in [0.25, 0.3) is 0 Å². The summed E-state index contributed by atoms with van der Waals surface area (Å²) in [5.74, 6) is 0. The number of ether oxygens (including phenoxy) is 4. The van der Waals surface area contributed by atoms with Gasteiger partial charge in [0, 0.05) is 21.3 Å². The smallest absolute Gasteiger partial charge is 0.173 e. The lowest BCUT2D eigenvalue weighted by atomic mass is 10.1. The normalized spacial score (nSPS) is 37.0. The van der Waals surface area contributed by atoms with E-state index in [0.29, 0.717) is 6.61 Å². The molecule has 5 nitrogen and oxygen atoms in total. The van der Waals surface area contributed by atoms with Gasteiger partial charge in [0.05, 0.1) is 12.7 Å². The number of methoxy groups -OCH3 is 3. The van der Waals surface area contributed by atoms with Crippen LogP contribution < -0.4 is 0 Å². The Morgan fingerprint density at radius 1 is 1.21 bits per heavy atom. The van der Waals surface area contributed by atoms with Gasteiger partial charge in [-0.1, -0.05) is 0 Å². The number of hydrogen-bond acceptors (Lipinski definition) is 5. The van der Waals surface area contributed by atoms with Crippen molar-refractivity contribution in [1.29, 1.82) is 5.26 Å². The van der Waals surface area contributed by atoms with Crippen molar-refractivity contribution in [2.24, 2.45) is 0 Å². The van der Waals surface area contributed by atoms with E-state index in [9.17, 15) is 0 Å². The molecule has 0 saturated carbocycles. The minimum absolute atomic E-state index is 0.236. The second-order valence-electron chi connectivity index (χ2n) is 3.08. The molecule has 0 unspecified atom stereocenters. The second-order valence-corrected chi connectivity index (χ2v) is 3.08. The molecule has 1 aliphatic rings. The van der Waals surface area contributed by atoms with E-state index in [1.807, 2.05) is 6.07 Å². The molecule has 0 spiro atoms. The first kappa shape index (κ1) is 11.4. The van der Waals surface area contributed by atoms with Crippen molar-refractivity contribution in [1.82, 2.24) is 0 Å². The number of nitriles is 1. The van der Waals surface area contributed by atoms with E-state index >= 15 is 0 Å². The lowest BCUT2D eigenvalue weighted by molar-refractivity contribution is -0.0465. The Bertz CT molecular complexity index is 215. The Balaban J connectivity index is 2.69. The van der Waals surface area contributed by atoms with Crippen molar-refractivity contribution in [3.8, 4) is 6.07 Å². The zero-order valence-corrected chi connectivity index (χ0v) is 8.60. The molecule has 5 heteroatoms. The molecule has 0 amide bonds. The largest absolute Gasteiger partial charge is 0.382 e. The Kier molecular flexibility index (Phi) is 4.29. The summed E-state index contributed by atoms with van der Waals surface area (Å²) in [7, 11) is 4.69. The van der Waals surface area contributed by atoms with Gasteiger partial charge >= 0.3 is 0 Å². The third-order valence-corrected chi connectivity index (χ3v) is 2.31. The van der Waals surface area contributed by atoms with Crippen LogP contribution in [0.1, 0.15) is 0 Å². The van der Waals surface area contributed by atoms with Crippen LogP contribution in [0, 0.1) is 11.3 Å². The lowest BCUT2D eigenvalue weighted by Crippen LogP contribution is -2.37. The fraction of sp³-hybridized carbons (Fsp3) is 0.889. The van der Waals surface area contributed by atoms with E-state index in [4.69, 9.17) is 24.2 Å². The highest BCUT2D eigenvalue weighted by atomic mass is 16.6. The van der Waals surface area contributed by atoms with Crippen LogP contribution in [0.4, 0.5) is 0 Å². The zero-order chi connectivity index (χ0) is 10.6. The molecule has 4 atom stereocenters. The first-order valence-corrected chi connectivity index (χ1v) is 4.38. The highest BCUT2D eigenvalue weighted by Crippen LogP contribution is 2.25. The summed E-state index contributed by atoms with van der Waals surface area (Å²) in [6, 6.07) is 2.03. The molecule has 0 N–H and O–H groups in total. The predicted molar refractivity (Wildman–Crippen MR) is 47.7 cm³/mol. The summed E-state index contributed by atoms with van der Waals surface area (Å²) < 4.78 is 20.8. The van der Waals surface area contributed by atoms with E-state index in [0.717, 1.165) is 0 Å². The van der Waals surface area contributed by atoms with Crippen molar-refractivity contribution >= 4 is 0 Å².